The van der Waals surface area contributed by atoms with E-state index in [0.717, 1.165) is 5.56 Å². The van der Waals surface area contributed by atoms with Crippen LogP contribution in [-0.2, 0) is 11.2 Å². The molecule has 0 heterocycles. The molecule has 0 bridgehead atoms. The molecule has 0 aliphatic heterocycles. The molecule has 0 amide bonds. The fraction of sp³-hybridized carbons (Fsp3) is 0.368. The van der Waals surface area contributed by atoms with Crippen LogP contribution in [0.3, 0.4) is 0 Å². The predicted octanol–water partition coefficient (Wildman–Crippen LogP) is 4.31. The number of allylic oxidation sites excluding steroid dienone is 3. The van der Waals surface area contributed by atoms with Gasteiger partial charge in [0.2, 0.25) is 0 Å². The van der Waals surface area contributed by atoms with Crippen LogP contribution in [-0.4, -0.2) is 19.2 Å². The van der Waals surface area contributed by atoms with Crippen LogP contribution in [0.15, 0.2) is 47.6 Å². The average molecular weight is 300 g/mol. The van der Waals surface area contributed by atoms with Gasteiger partial charge in [-0.05, 0) is 57.5 Å². The summed E-state index contributed by atoms with van der Waals surface area (Å²) in [4.78, 5) is 10.3. The highest BCUT2D eigenvalue weighted by Crippen LogP contribution is 2.29. The highest BCUT2D eigenvalue weighted by molar-refractivity contribution is 5.48. The Labute approximate surface area is 132 Å². The minimum Gasteiger partial charge on any atom is -0.486 e. The summed E-state index contributed by atoms with van der Waals surface area (Å²) >= 11 is 0. The van der Waals surface area contributed by atoms with Crippen molar-refractivity contribution in [3.8, 4) is 11.5 Å². The van der Waals surface area contributed by atoms with Gasteiger partial charge in [0.05, 0.1) is 0 Å². The second-order valence-corrected chi connectivity index (χ2v) is 5.49. The standard InChI is InChI=1S/C19H24O3/c1-15(2)9-12-21-18-8-7-17(6-5-11-20)14-19(18)22-13-10-16(3)4/h5,7-10,14H,6,12-13H2,1-4H3. The number of hydrogen-bond donors (Lipinski definition) is 0. The maximum atomic E-state index is 10.3. The third kappa shape index (κ3) is 6.96. The fourth-order valence-corrected chi connectivity index (χ4v) is 1.67. The number of hydrogen-bond acceptors (Lipinski definition) is 3. The average Bonchev–Trinajstić information content (AvgIpc) is 2.46. The van der Waals surface area contributed by atoms with Gasteiger partial charge in [0.1, 0.15) is 19.2 Å². The molecule has 0 fully saturated rings. The first-order chi connectivity index (χ1) is 10.5. The molecule has 3 nitrogen and oxygen atoms in total. The van der Waals surface area contributed by atoms with E-state index in [1.165, 1.54) is 17.2 Å². The molecule has 1 aromatic carbocycles. The van der Waals surface area contributed by atoms with Gasteiger partial charge in [-0.25, -0.2) is 4.79 Å². The summed E-state index contributed by atoms with van der Waals surface area (Å²) in [6.07, 6.45) is 6.02. The third-order valence-corrected chi connectivity index (χ3v) is 2.89. The first-order valence-electron chi connectivity index (χ1n) is 7.37. The first-order valence-corrected chi connectivity index (χ1v) is 7.37. The van der Waals surface area contributed by atoms with E-state index in [-0.39, 0.29) is 0 Å². The summed E-state index contributed by atoms with van der Waals surface area (Å²) in [5.41, 5.74) is 3.40. The van der Waals surface area contributed by atoms with Crippen LogP contribution in [0.25, 0.3) is 0 Å². The Morgan fingerprint density at radius 2 is 1.59 bits per heavy atom. The molecule has 1 aromatic rings. The van der Waals surface area contributed by atoms with Crippen LogP contribution in [0.2, 0.25) is 0 Å². The lowest BCUT2D eigenvalue weighted by atomic mass is 10.1. The van der Waals surface area contributed by atoms with E-state index in [1.54, 1.807) is 5.94 Å². The monoisotopic (exact) mass is 300 g/mol. The number of benzene rings is 1. The molecule has 0 spiro atoms. The van der Waals surface area contributed by atoms with Gasteiger partial charge >= 0.3 is 0 Å². The van der Waals surface area contributed by atoms with Gasteiger partial charge in [-0.1, -0.05) is 17.2 Å². The molecule has 0 aromatic heterocycles. The summed E-state index contributed by atoms with van der Waals surface area (Å²) < 4.78 is 11.5. The van der Waals surface area contributed by atoms with Gasteiger partial charge < -0.3 is 9.47 Å². The number of ether oxygens (including phenoxy) is 2. The summed E-state index contributed by atoms with van der Waals surface area (Å²) in [5.74, 6) is 3.19. The second kappa shape index (κ2) is 9.64. The highest BCUT2D eigenvalue weighted by Gasteiger charge is 2.06. The van der Waals surface area contributed by atoms with Crippen LogP contribution in [0, 0.1) is 0 Å². The van der Waals surface area contributed by atoms with Crippen LogP contribution in [0.1, 0.15) is 33.3 Å². The molecule has 0 aliphatic carbocycles. The van der Waals surface area contributed by atoms with E-state index in [2.05, 4.69) is 0 Å². The Morgan fingerprint density at radius 3 is 2.14 bits per heavy atom. The molecule has 22 heavy (non-hydrogen) atoms. The van der Waals surface area contributed by atoms with Crippen LogP contribution < -0.4 is 9.47 Å². The molecular weight excluding hydrogens is 276 g/mol. The zero-order valence-corrected chi connectivity index (χ0v) is 13.8. The minimum atomic E-state index is 0.494. The Kier molecular flexibility index (Phi) is 7.80. The fourth-order valence-electron chi connectivity index (χ4n) is 1.67. The van der Waals surface area contributed by atoms with Gasteiger partial charge in [-0.2, -0.15) is 0 Å². The molecule has 0 radical (unpaired) electrons. The van der Waals surface area contributed by atoms with Crippen molar-refractivity contribution in [1.29, 1.82) is 0 Å². The summed E-state index contributed by atoms with van der Waals surface area (Å²) in [6.45, 7) is 9.12. The first kappa shape index (κ1) is 17.8. The summed E-state index contributed by atoms with van der Waals surface area (Å²) in [6, 6.07) is 5.72. The lowest BCUT2D eigenvalue weighted by Gasteiger charge is -2.12. The zero-order valence-electron chi connectivity index (χ0n) is 13.8. The topological polar surface area (TPSA) is 35.5 Å². The Bertz CT molecular complexity index is 583. The molecule has 0 atom stereocenters. The third-order valence-electron chi connectivity index (χ3n) is 2.89. The molecule has 0 saturated carbocycles. The maximum Gasteiger partial charge on any atom is 0.161 e. The van der Waals surface area contributed by atoms with E-state index in [9.17, 15) is 4.79 Å². The van der Waals surface area contributed by atoms with Crippen LogP contribution in [0.5, 0.6) is 11.5 Å². The summed E-state index contributed by atoms with van der Waals surface area (Å²) in [5, 5.41) is 0. The molecular formula is C19H24O3. The number of rotatable bonds is 8. The Balaban J connectivity index is 2.89. The maximum absolute atomic E-state index is 10.3. The van der Waals surface area contributed by atoms with Crippen molar-refractivity contribution in [2.45, 2.75) is 34.1 Å². The molecule has 1 rings (SSSR count). The van der Waals surface area contributed by atoms with Gasteiger partial charge in [-0.15, -0.1) is 0 Å². The SMILES string of the molecule is CC(C)=CCOc1ccc(CC=C=O)cc1OCC=C(C)C. The van der Waals surface area contributed by atoms with E-state index >= 15 is 0 Å². The van der Waals surface area contributed by atoms with Crippen LogP contribution >= 0.6 is 0 Å². The molecule has 0 N–H and O–H groups in total. The smallest absolute Gasteiger partial charge is 0.161 e. The molecule has 0 unspecified atom stereocenters. The largest absolute Gasteiger partial charge is 0.486 e. The Morgan fingerprint density at radius 1 is 1.00 bits per heavy atom. The lowest BCUT2D eigenvalue weighted by Crippen LogP contribution is -2.01. The minimum absolute atomic E-state index is 0.494. The predicted molar refractivity (Wildman–Crippen MR) is 90.3 cm³/mol. The summed E-state index contributed by atoms with van der Waals surface area (Å²) in [7, 11) is 0. The normalized spacial score (nSPS) is 9.45. The van der Waals surface area contributed by atoms with Crippen molar-refractivity contribution in [1.82, 2.24) is 0 Å². The van der Waals surface area contributed by atoms with E-state index in [4.69, 9.17) is 9.47 Å². The van der Waals surface area contributed by atoms with E-state index < -0.39 is 0 Å². The van der Waals surface area contributed by atoms with Crippen molar-refractivity contribution in [2.24, 2.45) is 0 Å². The highest BCUT2D eigenvalue weighted by atomic mass is 16.5. The zero-order chi connectivity index (χ0) is 16.4. The van der Waals surface area contributed by atoms with Crippen molar-refractivity contribution in [2.75, 3.05) is 13.2 Å². The molecule has 0 aliphatic rings. The van der Waals surface area contributed by atoms with Crippen LogP contribution in [0.4, 0.5) is 0 Å². The van der Waals surface area contributed by atoms with Gasteiger partial charge in [0.25, 0.3) is 0 Å². The van der Waals surface area contributed by atoms with Crippen molar-refractivity contribution >= 4 is 5.94 Å². The van der Waals surface area contributed by atoms with Crippen molar-refractivity contribution in [3.05, 3.63) is 53.1 Å². The van der Waals surface area contributed by atoms with Crippen molar-refractivity contribution in [3.63, 3.8) is 0 Å². The van der Waals surface area contributed by atoms with E-state index in [1.807, 2.05) is 58.0 Å². The molecule has 3 heteroatoms. The lowest BCUT2D eigenvalue weighted by molar-refractivity contribution is 0.307. The van der Waals surface area contributed by atoms with Crippen molar-refractivity contribution < 1.29 is 14.3 Å². The van der Waals surface area contributed by atoms with Gasteiger partial charge in [0.15, 0.2) is 11.5 Å². The van der Waals surface area contributed by atoms with E-state index in [0.29, 0.717) is 31.1 Å². The second-order valence-electron chi connectivity index (χ2n) is 5.49. The van der Waals surface area contributed by atoms with Gasteiger partial charge in [0, 0.05) is 12.5 Å². The molecule has 0 saturated heterocycles. The number of carbonyl (C=O) groups excluding carboxylic acids is 1. The molecule has 118 valence electrons. The Hall–Kier alpha value is -2.25. The van der Waals surface area contributed by atoms with Gasteiger partial charge in [-0.3, -0.25) is 0 Å². The quantitative estimate of drug-likeness (QED) is 0.530.